The SMILES string of the molecule is CCOc1ccc(NC(=O)C[C@H]2S/C(=N/N=C3CCCCCC3)NC2=O)cc1. The van der Waals surface area contributed by atoms with Gasteiger partial charge in [-0.25, -0.2) is 0 Å². The van der Waals surface area contributed by atoms with Gasteiger partial charge < -0.3 is 15.4 Å². The molecule has 150 valence electrons. The van der Waals surface area contributed by atoms with E-state index in [0.29, 0.717) is 17.5 Å². The summed E-state index contributed by atoms with van der Waals surface area (Å²) in [5.41, 5.74) is 1.77. The molecule has 0 radical (unpaired) electrons. The van der Waals surface area contributed by atoms with Gasteiger partial charge in [0.25, 0.3) is 0 Å². The first-order valence-corrected chi connectivity index (χ1v) is 10.7. The molecule has 1 aromatic carbocycles. The molecule has 0 aromatic heterocycles. The van der Waals surface area contributed by atoms with Crippen LogP contribution in [-0.4, -0.2) is 34.6 Å². The maximum atomic E-state index is 12.3. The summed E-state index contributed by atoms with van der Waals surface area (Å²) >= 11 is 1.26. The highest BCUT2D eigenvalue weighted by atomic mass is 32.2. The van der Waals surface area contributed by atoms with Gasteiger partial charge in [0.1, 0.15) is 11.0 Å². The molecule has 1 aliphatic carbocycles. The van der Waals surface area contributed by atoms with Gasteiger partial charge in [0.2, 0.25) is 11.8 Å². The highest BCUT2D eigenvalue weighted by Gasteiger charge is 2.32. The maximum absolute atomic E-state index is 12.3. The molecule has 2 aliphatic rings. The average Bonchev–Trinajstić information content (AvgIpc) is 2.86. The van der Waals surface area contributed by atoms with E-state index in [0.717, 1.165) is 37.1 Å². The van der Waals surface area contributed by atoms with Gasteiger partial charge in [-0.3, -0.25) is 9.59 Å². The number of amides is 2. The number of carbonyl (C=O) groups excluding carboxylic acids is 2. The zero-order valence-electron chi connectivity index (χ0n) is 16.1. The molecule has 2 amide bonds. The number of hydrogen-bond donors (Lipinski definition) is 2. The summed E-state index contributed by atoms with van der Waals surface area (Å²) < 4.78 is 5.38. The van der Waals surface area contributed by atoms with Crippen molar-refractivity contribution in [1.82, 2.24) is 5.32 Å². The van der Waals surface area contributed by atoms with E-state index in [4.69, 9.17) is 4.74 Å². The van der Waals surface area contributed by atoms with Crippen molar-refractivity contribution in [1.29, 1.82) is 0 Å². The molecule has 28 heavy (non-hydrogen) atoms. The first kappa shape index (κ1) is 20.4. The van der Waals surface area contributed by atoms with Crippen molar-refractivity contribution >= 4 is 40.1 Å². The van der Waals surface area contributed by atoms with Gasteiger partial charge in [0.15, 0.2) is 5.17 Å². The van der Waals surface area contributed by atoms with E-state index >= 15 is 0 Å². The molecule has 1 heterocycles. The molecule has 1 aliphatic heterocycles. The first-order valence-electron chi connectivity index (χ1n) is 9.77. The lowest BCUT2D eigenvalue weighted by molar-refractivity contribution is -0.122. The number of anilines is 1. The highest BCUT2D eigenvalue weighted by molar-refractivity contribution is 8.15. The topological polar surface area (TPSA) is 92.2 Å². The Labute approximate surface area is 169 Å². The largest absolute Gasteiger partial charge is 0.494 e. The van der Waals surface area contributed by atoms with Crippen LogP contribution in [0.5, 0.6) is 5.75 Å². The van der Waals surface area contributed by atoms with Crippen LogP contribution in [0, 0.1) is 0 Å². The van der Waals surface area contributed by atoms with Gasteiger partial charge in [-0.05, 0) is 56.9 Å². The quantitative estimate of drug-likeness (QED) is 0.560. The Bertz CT molecular complexity index is 751. The van der Waals surface area contributed by atoms with Crippen molar-refractivity contribution in [3.63, 3.8) is 0 Å². The summed E-state index contributed by atoms with van der Waals surface area (Å²) in [5, 5.41) is 14.0. The number of nitrogens with zero attached hydrogens (tertiary/aromatic N) is 2. The van der Waals surface area contributed by atoms with Gasteiger partial charge in [-0.15, -0.1) is 5.10 Å². The molecule has 3 rings (SSSR count). The number of thioether (sulfide) groups is 1. The fraction of sp³-hybridized carbons (Fsp3) is 0.500. The molecule has 0 unspecified atom stereocenters. The van der Waals surface area contributed by atoms with E-state index in [2.05, 4.69) is 20.8 Å². The van der Waals surface area contributed by atoms with E-state index in [-0.39, 0.29) is 18.2 Å². The molecule has 2 fully saturated rings. The van der Waals surface area contributed by atoms with E-state index in [1.807, 2.05) is 6.92 Å². The molecular formula is C20H26N4O3S. The Morgan fingerprint density at radius 1 is 1.18 bits per heavy atom. The van der Waals surface area contributed by atoms with Crippen molar-refractivity contribution in [3.05, 3.63) is 24.3 Å². The lowest BCUT2D eigenvalue weighted by Crippen LogP contribution is -2.28. The Morgan fingerprint density at radius 3 is 2.57 bits per heavy atom. The lowest BCUT2D eigenvalue weighted by Gasteiger charge is -2.08. The number of hydrogen-bond acceptors (Lipinski definition) is 6. The Hall–Kier alpha value is -2.35. The molecule has 8 heteroatoms. The van der Waals surface area contributed by atoms with Crippen LogP contribution in [-0.2, 0) is 9.59 Å². The third-order valence-electron chi connectivity index (χ3n) is 4.56. The highest BCUT2D eigenvalue weighted by Crippen LogP contribution is 2.24. The number of carbonyl (C=O) groups is 2. The fourth-order valence-corrected chi connectivity index (χ4v) is 4.04. The van der Waals surface area contributed by atoms with Crippen molar-refractivity contribution in [2.24, 2.45) is 10.2 Å². The van der Waals surface area contributed by atoms with Crippen LogP contribution in [0.15, 0.2) is 34.5 Å². The zero-order chi connectivity index (χ0) is 19.8. The third kappa shape index (κ3) is 6.09. The van der Waals surface area contributed by atoms with Crippen LogP contribution in [0.3, 0.4) is 0 Å². The van der Waals surface area contributed by atoms with Crippen LogP contribution in [0.1, 0.15) is 51.9 Å². The lowest BCUT2D eigenvalue weighted by atomic mass is 10.2. The minimum atomic E-state index is -0.490. The molecule has 1 aromatic rings. The van der Waals surface area contributed by atoms with Crippen LogP contribution in [0.25, 0.3) is 0 Å². The minimum absolute atomic E-state index is 0.0826. The van der Waals surface area contributed by atoms with Crippen molar-refractivity contribution in [2.75, 3.05) is 11.9 Å². The second kappa shape index (κ2) is 10.3. The van der Waals surface area contributed by atoms with Crippen molar-refractivity contribution < 1.29 is 14.3 Å². The van der Waals surface area contributed by atoms with Gasteiger partial charge in [-0.2, -0.15) is 5.10 Å². The van der Waals surface area contributed by atoms with E-state index in [1.54, 1.807) is 24.3 Å². The molecule has 1 saturated heterocycles. The number of nitrogens with one attached hydrogen (secondary N) is 2. The van der Waals surface area contributed by atoms with Gasteiger partial charge >= 0.3 is 0 Å². The predicted molar refractivity (Wildman–Crippen MR) is 113 cm³/mol. The third-order valence-corrected chi connectivity index (χ3v) is 5.63. The minimum Gasteiger partial charge on any atom is -0.494 e. The van der Waals surface area contributed by atoms with E-state index < -0.39 is 5.25 Å². The monoisotopic (exact) mass is 402 g/mol. The van der Waals surface area contributed by atoms with Crippen molar-refractivity contribution in [3.8, 4) is 5.75 Å². The Kier molecular flexibility index (Phi) is 7.47. The summed E-state index contributed by atoms with van der Waals surface area (Å²) in [5.74, 6) is 0.335. The molecule has 1 saturated carbocycles. The molecule has 2 N–H and O–H groups in total. The fourth-order valence-electron chi connectivity index (χ4n) is 3.12. The standard InChI is InChI=1S/C20H26N4O3S/c1-2-27-16-11-9-14(10-12-16)21-18(25)13-17-19(26)22-20(28-17)24-23-15-7-5-3-4-6-8-15/h9-12,17H,2-8,13H2,1H3,(H,21,25)(H,22,24,26)/t17-/m1/s1. The average molecular weight is 403 g/mol. The molecular weight excluding hydrogens is 376 g/mol. The van der Waals surface area contributed by atoms with Crippen LogP contribution >= 0.6 is 11.8 Å². The van der Waals surface area contributed by atoms with Gasteiger partial charge in [-0.1, -0.05) is 24.6 Å². The Balaban J connectivity index is 1.51. The van der Waals surface area contributed by atoms with E-state index in [1.165, 1.54) is 24.6 Å². The molecule has 1 atom stereocenters. The number of ether oxygens (including phenoxy) is 1. The summed E-state index contributed by atoms with van der Waals surface area (Å²) in [6, 6.07) is 7.15. The second-order valence-corrected chi connectivity index (χ2v) is 7.98. The number of amidine groups is 1. The number of rotatable bonds is 6. The molecule has 7 nitrogen and oxygen atoms in total. The molecule has 0 bridgehead atoms. The van der Waals surface area contributed by atoms with Crippen LogP contribution < -0.4 is 15.4 Å². The second-order valence-electron chi connectivity index (χ2n) is 6.79. The molecule has 0 spiro atoms. The predicted octanol–water partition coefficient (Wildman–Crippen LogP) is 3.71. The number of benzene rings is 1. The van der Waals surface area contributed by atoms with Gasteiger partial charge in [0.05, 0.1) is 6.61 Å². The Morgan fingerprint density at radius 2 is 1.89 bits per heavy atom. The van der Waals surface area contributed by atoms with Gasteiger partial charge in [0, 0.05) is 17.8 Å². The summed E-state index contributed by atoms with van der Waals surface area (Å²) in [6.07, 6.45) is 6.82. The van der Waals surface area contributed by atoms with Crippen LogP contribution in [0.2, 0.25) is 0 Å². The van der Waals surface area contributed by atoms with Crippen molar-refractivity contribution in [2.45, 2.75) is 57.1 Å². The summed E-state index contributed by atoms with van der Waals surface area (Å²) in [4.78, 5) is 24.4. The van der Waals surface area contributed by atoms with Crippen LogP contribution in [0.4, 0.5) is 5.69 Å². The van der Waals surface area contributed by atoms with E-state index in [9.17, 15) is 9.59 Å². The zero-order valence-corrected chi connectivity index (χ0v) is 16.9. The smallest absolute Gasteiger partial charge is 0.240 e. The maximum Gasteiger partial charge on any atom is 0.240 e. The first-order chi connectivity index (χ1) is 13.6. The summed E-state index contributed by atoms with van der Waals surface area (Å²) in [7, 11) is 0. The summed E-state index contributed by atoms with van der Waals surface area (Å²) in [6.45, 7) is 2.51. The normalized spacial score (nSPS) is 21.2.